The van der Waals surface area contributed by atoms with Gasteiger partial charge in [-0.25, -0.2) is 9.48 Å². The van der Waals surface area contributed by atoms with Crippen molar-refractivity contribution in [3.8, 4) is 0 Å². The summed E-state index contributed by atoms with van der Waals surface area (Å²) in [6.07, 6.45) is 0. The molecule has 156 valence electrons. The second-order valence-electron chi connectivity index (χ2n) is 7.47. The van der Waals surface area contributed by atoms with Crippen LogP contribution in [0.5, 0.6) is 0 Å². The van der Waals surface area contributed by atoms with E-state index in [-0.39, 0.29) is 28.8 Å². The number of esters is 1. The molecule has 0 saturated heterocycles. The average Bonchev–Trinajstić information content (AvgIpc) is 3.19. The van der Waals surface area contributed by atoms with E-state index in [0.29, 0.717) is 11.3 Å². The molecule has 0 bridgehead atoms. The standard InChI is InChI=1S/C22H18N4O5/c1-3-31-20(29)16-17(23)25-18(27)12-6-4-5-7-13(12)19(28)26(25)22(16)14-10-11(2)8-9-15(14)24-21(22)30/h4-10H,3,23H2,1-2H3,(H,24,30). The van der Waals surface area contributed by atoms with Crippen LogP contribution >= 0.6 is 0 Å². The third-order valence-corrected chi connectivity index (χ3v) is 5.76. The van der Waals surface area contributed by atoms with E-state index in [9.17, 15) is 19.2 Å². The minimum atomic E-state index is -1.96. The lowest BCUT2D eigenvalue weighted by Gasteiger charge is -2.27. The Morgan fingerprint density at radius 2 is 1.77 bits per heavy atom. The quantitative estimate of drug-likeness (QED) is 0.595. The first-order chi connectivity index (χ1) is 14.8. The number of nitrogens with two attached hydrogens (primary N) is 1. The van der Waals surface area contributed by atoms with E-state index in [2.05, 4.69) is 5.32 Å². The van der Waals surface area contributed by atoms with Crippen molar-refractivity contribution >= 4 is 34.2 Å². The monoisotopic (exact) mass is 418 g/mol. The number of fused-ring (bicyclic) bond motifs is 5. The van der Waals surface area contributed by atoms with Gasteiger partial charge >= 0.3 is 5.97 Å². The van der Waals surface area contributed by atoms with Crippen LogP contribution in [-0.4, -0.2) is 27.8 Å². The molecule has 1 spiro atoms. The number of hydrogen-bond donors (Lipinski definition) is 2. The molecule has 1 amide bonds. The molecule has 0 aliphatic carbocycles. The van der Waals surface area contributed by atoms with Gasteiger partial charge in [0.2, 0.25) is 5.54 Å². The molecule has 31 heavy (non-hydrogen) atoms. The van der Waals surface area contributed by atoms with Crippen molar-refractivity contribution in [2.24, 2.45) is 5.73 Å². The van der Waals surface area contributed by atoms with Crippen molar-refractivity contribution in [3.63, 3.8) is 0 Å². The highest BCUT2D eigenvalue weighted by Crippen LogP contribution is 2.48. The van der Waals surface area contributed by atoms with Crippen molar-refractivity contribution in [2.45, 2.75) is 19.4 Å². The number of benzene rings is 2. The van der Waals surface area contributed by atoms with Crippen LogP contribution in [0.3, 0.4) is 0 Å². The highest BCUT2D eigenvalue weighted by molar-refractivity contribution is 6.16. The zero-order valence-corrected chi connectivity index (χ0v) is 16.8. The molecule has 3 heterocycles. The molecule has 5 rings (SSSR count). The molecule has 9 nitrogen and oxygen atoms in total. The maximum absolute atomic E-state index is 13.6. The van der Waals surface area contributed by atoms with Gasteiger partial charge in [0.05, 0.1) is 17.4 Å². The fourth-order valence-corrected chi connectivity index (χ4v) is 4.50. The number of amides is 1. The summed E-state index contributed by atoms with van der Waals surface area (Å²) in [6, 6.07) is 11.4. The molecule has 2 aliphatic rings. The lowest BCUT2D eigenvalue weighted by atomic mass is 9.83. The van der Waals surface area contributed by atoms with Gasteiger partial charge in [-0.3, -0.25) is 14.4 Å². The van der Waals surface area contributed by atoms with Crippen molar-refractivity contribution in [1.29, 1.82) is 0 Å². The van der Waals surface area contributed by atoms with Crippen LogP contribution in [0.1, 0.15) is 18.1 Å². The third-order valence-electron chi connectivity index (χ3n) is 5.76. The van der Waals surface area contributed by atoms with Gasteiger partial charge < -0.3 is 15.8 Å². The zero-order valence-electron chi connectivity index (χ0n) is 16.8. The number of nitrogens with one attached hydrogen (secondary N) is 1. The first-order valence-corrected chi connectivity index (χ1v) is 9.71. The zero-order chi connectivity index (χ0) is 22.1. The Morgan fingerprint density at radius 1 is 1.10 bits per heavy atom. The normalized spacial score (nSPS) is 19.0. The number of carbonyl (C=O) groups excluding carboxylic acids is 2. The summed E-state index contributed by atoms with van der Waals surface area (Å²) >= 11 is 0. The van der Waals surface area contributed by atoms with Gasteiger partial charge in [0.15, 0.2) is 0 Å². The Morgan fingerprint density at radius 3 is 2.45 bits per heavy atom. The molecule has 1 aromatic heterocycles. The Bertz CT molecular complexity index is 1480. The Kier molecular flexibility index (Phi) is 3.76. The van der Waals surface area contributed by atoms with Crippen LogP contribution < -0.4 is 22.2 Å². The van der Waals surface area contributed by atoms with E-state index in [1.54, 1.807) is 37.3 Å². The van der Waals surface area contributed by atoms with Crippen LogP contribution in [0, 0.1) is 6.92 Å². The van der Waals surface area contributed by atoms with Crippen LogP contribution in [0.25, 0.3) is 16.6 Å². The summed E-state index contributed by atoms with van der Waals surface area (Å²) in [6.45, 7) is 3.46. The second-order valence-corrected chi connectivity index (χ2v) is 7.47. The van der Waals surface area contributed by atoms with E-state index in [4.69, 9.17) is 10.5 Å². The van der Waals surface area contributed by atoms with Crippen LogP contribution in [0.15, 0.2) is 57.6 Å². The maximum atomic E-state index is 13.6. The summed E-state index contributed by atoms with van der Waals surface area (Å²) in [7, 11) is 0. The number of carbonyl (C=O) groups is 2. The maximum Gasteiger partial charge on any atom is 0.341 e. The SMILES string of the molecule is CCOC(=O)C1=C(N)n2c(=O)c3ccccc3c(=O)n2C12C(=O)Nc1ccc(C)cc12. The summed E-state index contributed by atoms with van der Waals surface area (Å²) in [5.41, 5.74) is 4.42. The largest absolute Gasteiger partial charge is 0.462 e. The molecule has 9 heteroatoms. The predicted molar refractivity (Wildman–Crippen MR) is 113 cm³/mol. The molecule has 3 aromatic rings. The molecule has 0 fully saturated rings. The van der Waals surface area contributed by atoms with Crippen LogP contribution in [0.2, 0.25) is 0 Å². The predicted octanol–water partition coefficient (Wildman–Crippen LogP) is 0.871. The Balaban J connectivity index is 2.03. The summed E-state index contributed by atoms with van der Waals surface area (Å²) in [5, 5.41) is 2.98. The Hall–Kier alpha value is -4.14. The minimum Gasteiger partial charge on any atom is -0.462 e. The van der Waals surface area contributed by atoms with Gasteiger partial charge in [-0.05, 0) is 32.0 Å². The number of anilines is 1. The average molecular weight is 418 g/mol. The molecule has 2 aromatic carbocycles. The molecular formula is C22H18N4O5. The molecule has 1 atom stereocenters. The first kappa shape index (κ1) is 18.9. The van der Waals surface area contributed by atoms with Gasteiger partial charge in [-0.2, -0.15) is 4.68 Å². The van der Waals surface area contributed by atoms with Gasteiger partial charge in [-0.15, -0.1) is 0 Å². The number of hydrogen-bond acceptors (Lipinski definition) is 6. The smallest absolute Gasteiger partial charge is 0.341 e. The fraction of sp³-hybridized carbons (Fsp3) is 0.182. The van der Waals surface area contributed by atoms with Crippen LogP contribution in [0.4, 0.5) is 5.69 Å². The highest BCUT2D eigenvalue weighted by Gasteiger charge is 2.61. The molecule has 0 saturated carbocycles. The fourth-order valence-electron chi connectivity index (χ4n) is 4.50. The third kappa shape index (κ3) is 2.14. The Labute approximate surface area is 175 Å². The number of aryl methyl sites for hydroxylation is 1. The lowest BCUT2D eigenvalue weighted by molar-refractivity contribution is -0.140. The highest BCUT2D eigenvalue weighted by atomic mass is 16.5. The van der Waals surface area contributed by atoms with Gasteiger partial charge in [0.1, 0.15) is 11.4 Å². The topological polar surface area (TPSA) is 125 Å². The van der Waals surface area contributed by atoms with Gasteiger partial charge in [-0.1, -0.05) is 29.8 Å². The lowest BCUT2D eigenvalue weighted by Crippen LogP contribution is -2.52. The van der Waals surface area contributed by atoms with Crippen LogP contribution in [-0.2, 0) is 19.9 Å². The van der Waals surface area contributed by atoms with E-state index in [1.807, 2.05) is 6.92 Å². The molecular weight excluding hydrogens is 400 g/mol. The number of rotatable bonds is 2. The van der Waals surface area contributed by atoms with Crippen molar-refractivity contribution in [3.05, 3.63) is 79.9 Å². The first-order valence-electron chi connectivity index (χ1n) is 9.71. The number of aromatic nitrogens is 2. The molecule has 2 aliphatic heterocycles. The minimum absolute atomic E-state index is 0.0239. The summed E-state index contributed by atoms with van der Waals surface area (Å²) < 4.78 is 7.09. The number of nitrogens with zero attached hydrogens (tertiary/aromatic N) is 2. The molecule has 1 unspecified atom stereocenters. The van der Waals surface area contributed by atoms with Gasteiger partial charge in [0, 0.05) is 11.3 Å². The van der Waals surface area contributed by atoms with Gasteiger partial charge in [0.25, 0.3) is 17.0 Å². The van der Waals surface area contributed by atoms with E-state index in [0.717, 1.165) is 14.9 Å². The summed E-state index contributed by atoms with van der Waals surface area (Å²) in [4.78, 5) is 53.6. The molecule has 3 N–H and O–H groups in total. The van der Waals surface area contributed by atoms with Crippen molar-refractivity contribution in [1.82, 2.24) is 9.36 Å². The van der Waals surface area contributed by atoms with Crippen molar-refractivity contribution < 1.29 is 14.3 Å². The second kappa shape index (κ2) is 6.18. The van der Waals surface area contributed by atoms with E-state index in [1.165, 1.54) is 12.1 Å². The van der Waals surface area contributed by atoms with E-state index < -0.39 is 28.5 Å². The summed E-state index contributed by atoms with van der Waals surface area (Å²) in [5.74, 6) is -1.85. The number of ether oxygens (including phenoxy) is 1. The molecule has 0 radical (unpaired) electrons. The van der Waals surface area contributed by atoms with E-state index >= 15 is 0 Å². The van der Waals surface area contributed by atoms with Crippen molar-refractivity contribution in [2.75, 3.05) is 11.9 Å².